The molecule has 0 bridgehead atoms. The SMILES string of the molecule is COc1ccc(NC(=O)NCCC(=O)Nc2cccc(S(=O)(=O)N(C)C)c2)cc1. The van der Waals surface area contributed by atoms with Crippen LogP contribution < -0.4 is 20.7 Å². The summed E-state index contributed by atoms with van der Waals surface area (Å²) in [6, 6.07) is 12.4. The van der Waals surface area contributed by atoms with Gasteiger partial charge in [-0.2, -0.15) is 0 Å². The fraction of sp³-hybridized carbons (Fsp3) is 0.263. The molecule has 9 nitrogen and oxygen atoms in total. The number of rotatable bonds is 8. The molecule has 10 heteroatoms. The maximum Gasteiger partial charge on any atom is 0.319 e. The van der Waals surface area contributed by atoms with Gasteiger partial charge in [-0.3, -0.25) is 4.79 Å². The van der Waals surface area contributed by atoms with Crippen LogP contribution in [-0.2, 0) is 14.8 Å². The van der Waals surface area contributed by atoms with Gasteiger partial charge in [-0.15, -0.1) is 0 Å². The average molecular weight is 420 g/mol. The summed E-state index contributed by atoms with van der Waals surface area (Å²) in [5.41, 5.74) is 0.951. The highest BCUT2D eigenvalue weighted by Gasteiger charge is 2.17. The summed E-state index contributed by atoms with van der Waals surface area (Å²) in [6.45, 7) is 0.115. The van der Waals surface area contributed by atoms with Gasteiger partial charge in [-0.25, -0.2) is 17.5 Å². The quantitative estimate of drug-likeness (QED) is 0.605. The topological polar surface area (TPSA) is 117 Å². The number of nitrogens with one attached hydrogen (secondary N) is 3. The largest absolute Gasteiger partial charge is 0.497 e. The summed E-state index contributed by atoms with van der Waals surface area (Å²) >= 11 is 0. The first kappa shape index (κ1) is 22.2. The van der Waals surface area contributed by atoms with Crippen molar-refractivity contribution in [3.05, 3.63) is 48.5 Å². The van der Waals surface area contributed by atoms with Crippen LogP contribution >= 0.6 is 0 Å². The van der Waals surface area contributed by atoms with Crippen LogP contribution in [0.4, 0.5) is 16.2 Å². The van der Waals surface area contributed by atoms with Gasteiger partial charge in [0.05, 0.1) is 12.0 Å². The number of carbonyl (C=O) groups is 2. The molecular weight excluding hydrogens is 396 g/mol. The Morgan fingerprint density at radius 1 is 1.00 bits per heavy atom. The van der Waals surface area contributed by atoms with Crippen LogP contribution in [0, 0.1) is 0 Å². The molecule has 2 aromatic carbocycles. The molecule has 156 valence electrons. The molecular formula is C19H24N4O5S. The predicted molar refractivity (Wildman–Crippen MR) is 111 cm³/mol. The number of sulfonamides is 1. The molecule has 0 aliphatic rings. The smallest absolute Gasteiger partial charge is 0.319 e. The number of nitrogens with zero attached hydrogens (tertiary/aromatic N) is 1. The number of ether oxygens (including phenoxy) is 1. The minimum atomic E-state index is -3.59. The number of hydrogen-bond donors (Lipinski definition) is 3. The van der Waals surface area contributed by atoms with E-state index in [9.17, 15) is 18.0 Å². The summed E-state index contributed by atoms with van der Waals surface area (Å²) in [6.07, 6.45) is 0.0285. The van der Waals surface area contributed by atoms with Gasteiger partial charge in [0.25, 0.3) is 0 Å². The second kappa shape index (κ2) is 9.89. The first-order valence-electron chi connectivity index (χ1n) is 8.73. The normalized spacial score (nSPS) is 11.0. The van der Waals surface area contributed by atoms with Crippen molar-refractivity contribution in [3.8, 4) is 5.75 Å². The monoisotopic (exact) mass is 420 g/mol. The molecule has 0 fully saturated rings. The average Bonchev–Trinajstić information content (AvgIpc) is 2.68. The fourth-order valence-corrected chi connectivity index (χ4v) is 3.26. The van der Waals surface area contributed by atoms with E-state index in [1.807, 2.05) is 0 Å². The Labute approximate surface area is 170 Å². The Bertz CT molecular complexity index is 959. The molecule has 3 amide bonds. The van der Waals surface area contributed by atoms with Crippen LogP contribution in [0.3, 0.4) is 0 Å². The first-order chi connectivity index (χ1) is 13.7. The standard InChI is InChI=1S/C19H24N4O5S/c1-23(2)29(26,27)17-6-4-5-15(13-17)21-18(24)11-12-20-19(25)22-14-7-9-16(28-3)10-8-14/h4-10,13H,11-12H2,1-3H3,(H,21,24)(H2,20,22,25). The van der Waals surface area contributed by atoms with E-state index in [0.29, 0.717) is 17.1 Å². The zero-order valence-corrected chi connectivity index (χ0v) is 17.2. The molecule has 0 heterocycles. The number of amides is 3. The van der Waals surface area contributed by atoms with Gasteiger partial charge in [-0.05, 0) is 42.5 Å². The van der Waals surface area contributed by atoms with Crippen molar-refractivity contribution in [1.29, 1.82) is 0 Å². The number of carbonyl (C=O) groups excluding carboxylic acids is 2. The van der Waals surface area contributed by atoms with Gasteiger partial charge in [0.2, 0.25) is 15.9 Å². The number of urea groups is 1. The lowest BCUT2D eigenvalue weighted by molar-refractivity contribution is -0.116. The highest BCUT2D eigenvalue weighted by molar-refractivity contribution is 7.89. The Morgan fingerprint density at radius 2 is 1.69 bits per heavy atom. The molecule has 3 N–H and O–H groups in total. The van der Waals surface area contributed by atoms with Gasteiger partial charge >= 0.3 is 6.03 Å². The van der Waals surface area contributed by atoms with E-state index in [4.69, 9.17) is 4.74 Å². The Hall–Kier alpha value is -3.11. The third-order valence-electron chi connectivity index (χ3n) is 3.88. The fourth-order valence-electron chi connectivity index (χ4n) is 2.31. The molecule has 0 aliphatic carbocycles. The lowest BCUT2D eigenvalue weighted by Crippen LogP contribution is -2.31. The van der Waals surface area contributed by atoms with Crippen molar-refractivity contribution >= 4 is 33.3 Å². The maximum absolute atomic E-state index is 12.2. The lowest BCUT2D eigenvalue weighted by atomic mass is 10.3. The summed E-state index contributed by atoms with van der Waals surface area (Å²) < 4.78 is 30.4. The van der Waals surface area contributed by atoms with Crippen molar-refractivity contribution in [2.45, 2.75) is 11.3 Å². The summed E-state index contributed by atoms with van der Waals surface area (Å²) in [7, 11) is 0.832. The predicted octanol–water partition coefficient (Wildman–Crippen LogP) is 2.10. The molecule has 0 saturated carbocycles. The van der Waals surface area contributed by atoms with Crippen molar-refractivity contribution in [2.75, 3.05) is 38.4 Å². The molecule has 0 unspecified atom stereocenters. The van der Waals surface area contributed by atoms with E-state index < -0.39 is 16.1 Å². The van der Waals surface area contributed by atoms with Crippen molar-refractivity contribution in [2.24, 2.45) is 0 Å². The Kier molecular flexibility index (Phi) is 7.57. The summed E-state index contributed by atoms with van der Waals surface area (Å²) in [5, 5.41) is 7.85. The molecule has 0 spiro atoms. The molecule has 0 aromatic heterocycles. The third kappa shape index (κ3) is 6.47. The van der Waals surface area contributed by atoms with Crippen LogP contribution in [0.25, 0.3) is 0 Å². The van der Waals surface area contributed by atoms with E-state index in [1.54, 1.807) is 43.5 Å². The zero-order valence-electron chi connectivity index (χ0n) is 16.4. The molecule has 29 heavy (non-hydrogen) atoms. The lowest BCUT2D eigenvalue weighted by Gasteiger charge is -2.13. The van der Waals surface area contributed by atoms with Gasteiger partial charge in [0.15, 0.2) is 0 Å². The Morgan fingerprint density at radius 3 is 2.31 bits per heavy atom. The second-order valence-corrected chi connectivity index (χ2v) is 8.37. The van der Waals surface area contributed by atoms with Crippen LogP contribution in [0.2, 0.25) is 0 Å². The zero-order chi connectivity index (χ0) is 21.4. The van der Waals surface area contributed by atoms with E-state index in [0.717, 1.165) is 4.31 Å². The van der Waals surface area contributed by atoms with Crippen molar-refractivity contribution in [1.82, 2.24) is 9.62 Å². The van der Waals surface area contributed by atoms with E-state index in [2.05, 4.69) is 16.0 Å². The van der Waals surface area contributed by atoms with Gasteiger partial charge in [-0.1, -0.05) is 6.07 Å². The van der Waals surface area contributed by atoms with Crippen LogP contribution in [0.5, 0.6) is 5.75 Å². The Balaban J connectivity index is 1.81. The van der Waals surface area contributed by atoms with Crippen LogP contribution in [0.1, 0.15) is 6.42 Å². The highest BCUT2D eigenvalue weighted by atomic mass is 32.2. The van der Waals surface area contributed by atoms with Crippen LogP contribution in [-0.4, -0.2) is 52.4 Å². The van der Waals surface area contributed by atoms with Gasteiger partial charge in [0, 0.05) is 38.4 Å². The third-order valence-corrected chi connectivity index (χ3v) is 5.69. The number of benzene rings is 2. The van der Waals surface area contributed by atoms with E-state index in [-0.39, 0.29) is 23.8 Å². The number of hydrogen-bond acceptors (Lipinski definition) is 5. The van der Waals surface area contributed by atoms with Crippen LogP contribution in [0.15, 0.2) is 53.4 Å². The summed E-state index contributed by atoms with van der Waals surface area (Å²) in [5.74, 6) is 0.323. The minimum absolute atomic E-state index is 0.0285. The first-order valence-corrected chi connectivity index (χ1v) is 10.2. The molecule has 0 atom stereocenters. The van der Waals surface area contributed by atoms with Crippen molar-refractivity contribution in [3.63, 3.8) is 0 Å². The minimum Gasteiger partial charge on any atom is -0.497 e. The molecule has 0 saturated heterocycles. The maximum atomic E-state index is 12.2. The highest BCUT2D eigenvalue weighted by Crippen LogP contribution is 2.18. The van der Waals surface area contributed by atoms with E-state index in [1.165, 1.54) is 26.2 Å². The molecule has 0 radical (unpaired) electrons. The number of anilines is 2. The molecule has 0 aliphatic heterocycles. The molecule has 2 rings (SSSR count). The van der Waals surface area contributed by atoms with Gasteiger partial charge in [0.1, 0.15) is 5.75 Å². The molecule has 2 aromatic rings. The second-order valence-electron chi connectivity index (χ2n) is 6.22. The number of methoxy groups -OCH3 is 1. The van der Waals surface area contributed by atoms with E-state index >= 15 is 0 Å². The van der Waals surface area contributed by atoms with Crippen molar-refractivity contribution < 1.29 is 22.7 Å². The van der Waals surface area contributed by atoms with Gasteiger partial charge < -0.3 is 20.7 Å². The summed E-state index contributed by atoms with van der Waals surface area (Å²) in [4.78, 5) is 24.0.